The maximum Gasteiger partial charge on any atom is 0.306 e. The average Bonchev–Trinajstić information content (AvgIpc) is 2.14. The van der Waals surface area contributed by atoms with E-state index in [0.29, 0.717) is 11.3 Å². The fraction of sp³-hybridized carbons (Fsp3) is 0.462. The first kappa shape index (κ1) is 13.5. The molecule has 0 spiro atoms. The molecule has 0 aliphatic heterocycles. The Hall–Kier alpha value is -1.55. The molecule has 0 saturated carbocycles. The van der Waals surface area contributed by atoms with Gasteiger partial charge < -0.3 is 14.9 Å². The van der Waals surface area contributed by atoms with Gasteiger partial charge in [0.25, 0.3) is 0 Å². The number of carbonyl (C=O) groups is 1. The van der Waals surface area contributed by atoms with Crippen molar-refractivity contribution in [1.29, 1.82) is 0 Å². The highest BCUT2D eigenvalue weighted by atomic mass is 16.5. The monoisotopic (exact) mass is 238 g/mol. The minimum absolute atomic E-state index is 0.355. The van der Waals surface area contributed by atoms with Crippen molar-refractivity contribution >= 4 is 5.97 Å². The summed E-state index contributed by atoms with van der Waals surface area (Å²) >= 11 is 0. The summed E-state index contributed by atoms with van der Waals surface area (Å²) in [5.41, 5.74) is 0.922. The number of methoxy groups -OCH3 is 1. The molecular formula is C13H18O4. The van der Waals surface area contributed by atoms with Gasteiger partial charge in [0, 0.05) is 5.56 Å². The summed E-state index contributed by atoms with van der Waals surface area (Å²) in [6.45, 7) is 5.25. The molecule has 17 heavy (non-hydrogen) atoms. The maximum absolute atomic E-state index is 10.8. The van der Waals surface area contributed by atoms with Gasteiger partial charge in [0.2, 0.25) is 0 Å². The van der Waals surface area contributed by atoms with Gasteiger partial charge in [-0.2, -0.15) is 0 Å². The van der Waals surface area contributed by atoms with Crippen LogP contribution in [0.15, 0.2) is 12.1 Å². The number of aliphatic hydroxyl groups is 1. The predicted molar refractivity (Wildman–Crippen MR) is 64.3 cm³/mol. The second kappa shape index (κ2) is 4.75. The highest BCUT2D eigenvalue weighted by Crippen LogP contribution is 2.35. The second-order valence-electron chi connectivity index (χ2n) is 4.51. The molecule has 0 radical (unpaired) electrons. The SMILES string of the molecule is COc1c(C)cc(C)cc1C(C)(O)CC(=O)O. The van der Waals surface area contributed by atoms with Crippen molar-refractivity contribution in [3.8, 4) is 5.75 Å². The number of rotatable bonds is 4. The molecule has 1 unspecified atom stereocenters. The van der Waals surface area contributed by atoms with E-state index in [2.05, 4.69) is 0 Å². The zero-order valence-electron chi connectivity index (χ0n) is 10.6. The zero-order valence-corrected chi connectivity index (χ0v) is 10.6. The summed E-state index contributed by atoms with van der Waals surface area (Å²) in [5.74, 6) is -0.502. The van der Waals surface area contributed by atoms with E-state index in [1.54, 1.807) is 6.07 Å². The van der Waals surface area contributed by atoms with E-state index >= 15 is 0 Å². The third kappa shape index (κ3) is 2.97. The Morgan fingerprint density at radius 3 is 2.47 bits per heavy atom. The molecule has 0 amide bonds. The Morgan fingerprint density at radius 1 is 1.41 bits per heavy atom. The molecule has 1 aromatic carbocycles. The average molecular weight is 238 g/mol. The summed E-state index contributed by atoms with van der Waals surface area (Å²) in [6.07, 6.45) is -0.355. The quantitative estimate of drug-likeness (QED) is 0.841. The van der Waals surface area contributed by atoms with Crippen LogP contribution in [0.25, 0.3) is 0 Å². The number of ether oxygens (including phenoxy) is 1. The van der Waals surface area contributed by atoms with E-state index in [4.69, 9.17) is 9.84 Å². The molecule has 1 aromatic rings. The molecule has 0 heterocycles. The van der Waals surface area contributed by atoms with Crippen molar-refractivity contribution in [3.63, 3.8) is 0 Å². The third-order valence-corrected chi connectivity index (χ3v) is 2.70. The van der Waals surface area contributed by atoms with Crippen LogP contribution in [-0.4, -0.2) is 23.3 Å². The summed E-state index contributed by atoms with van der Waals surface area (Å²) < 4.78 is 5.25. The number of hydrogen-bond acceptors (Lipinski definition) is 3. The number of aryl methyl sites for hydroxylation is 2. The third-order valence-electron chi connectivity index (χ3n) is 2.70. The predicted octanol–water partition coefficient (Wildman–Crippen LogP) is 1.99. The first-order valence-electron chi connectivity index (χ1n) is 5.38. The first-order chi connectivity index (χ1) is 7.77. The fourth-order valence-corrected chi connectivity index (χ4v) is 2.02. The lowest BCUT2D eigenvalue weighted by molar-refractivity contribution is -0.142. The Labute approximate surface area is 101 Å². The molecule has 0 bridgehead atoms. The highest BCUT2D eigenvalue weighted by molar-refractivity contribution is 5.69. The molecule has 4 heteroatoms. The van der Waals surface area contributed by atoms with Crippen LogP contribution < -0.4 is 4.74 Å². The van der Waals surface area contributed by atoms with E-state index in [9.17, 15) is 9.90 Å². The van der Waals surface area contributed by atoms with E-state index in [0.717, 1.165) is 11.1 Å². The number of benzene rings is 1. The van der Waals surface area contributed by atoms with Crippen LogP contribution in [0.3, 0.4) is 0 Å². The van der Waals surface area contributed by atoms with Crippen molar-refractivity contribution < 1.29 is 19.7 Å². The smallest absolute Gasteiger partial charge is 0.306 e. The van der Waals surface area contributed by atoms with Gasteiger partial charge in [-0.3, -0.25) is 4.79 Å². The summed E-state index contributed by atoms with van der Waals surface area (Å²) in [7, 11) is 1.51. The van der Waals surface area contributed by atoms with Gasteiger partial charge in [-0.05, 0) is 32.4 Å². The Balaban J connectivity index is 3.33. The molecule has 0 aliphatic carbocycles. The topological polar surface area (TPSA) is 66.8 Å². The fourth-order valence-electron chi connectivity index (χ4n) is 2.02. The van der Waals surface area contributed by atoms with Gasteiger partial charge in [-0.25, -0.2) is 0 Å². The van der Waals surface area contributed by atoms with E-state index < -0.39 is 11.6 Å². The maximum atomic E-state index is 10.8. The Morgan fingerprint density at radius 2 is 2.00 bits per heavy atom. The summed E-state index contributed by atoms with van der Waals surface area (Å²) in [4.78, 5) is 10.8. The Bertz CT molecular complexity index is 435. The van der Waals surface area contributed by atoms with Gasteiger partial charge in [0.05, 0.1) is 13.5 Å². The largest absolute Gasteiger partial charge is 0.496 e. The summed E-state index contributed by atoms with van der Waals surface area (Å²) in [5, 5.41) is 19.1. The van der Waals surface area contributed by atoms with Gasteiger partial charge in [0.1, 0.15) is 11.4 Å². The van der Waals surface area contributed by atoms with Crippen LogP contribution in [0.4, 0.5) is 0 Å². The van der Waals surface area contributed by atoms with Gasteiger partial charge in [-0.15, -0.1) is 0 Å². The van der Waals surface area contributed by atoms with Crippen molar-refractivity contribution in [2.45, 2.75) is 32.8 Å². The minimum Gasteiger partial charge on any atom is -0.496 e. The lowest BCUT2D eigenvalue weighted by atomic mass is 9.89. The molecule has 1 atom stereocenters. The summed E-state index contributed by atoms with van der Waals surface area (Å²) in [6, 6.07) is 3.69. The van der Waals surface area contributed by atoms with Crippen LogP contribution in [0.2, 0.25) is 0 Å². The molecule has 0 aliphatic rings. The van der Waals surface area contributed by atoms with Crippen molar-refractivity contribution in [1.82, 2.24) is 0 Å². The molecule has 0 aromatic heterocycles. The first-order valence-corrected chi connectivity index (χ1v) is 5.38. The Kier molecular flexibility index (Phi) is 3.78. The van der Waals surface area contributed by atoms with Crippen LogP contribution in [0, 0.1) is 13.8 Å². The van der Waals surface area contributed by atoms with Crippen LogP contribution >= 0.6 is 0 Å². The molecular weight excluding hydrogens is 220 g/mol. The van der Waals surface area contributed by atoms with Crippen molar-refractivity contribution in [2.24, 2.45) is 0 Å². The minimum atomic E-state index is -1.44. The standard InChI is InChI=1S/C13H18O4/c1-8-5-9(2)12(17-4)10(6-8)13(3,16)7-11(14)15/h5-6,16H,7H2,1-4H3,(H,14,15). The highest BCUT2D eigenvalue weighted by Gasteiger charge is 2.30. The van der Waals surface area contributed by atoms with Gasteiger partial charge >= 0.3 is 5.97 Å². The van der Waals surface area contributed by atoms with E-state index in [-0.39, 0.29) is 6.42 Å². The van der Waals surface area contributed by atoms with E-state index in [1.165, 1.54) is 14.0 Å². The van der Waals surface area contributed by atoms with Gasteiger partial charge in [-0.1, -0.05) is 11.6 Å². The van der Waals surface area contributed by atoms with E-state index in [1.807, 2.05) is 19.9 Å². The lowest BCUT2D eigenvalue weighted by Crippen LogP contribution is -2.26. The number of hydrogen-bond donors (Lipinski definition) is 2. The molecule has 1 rings (SSSR count). The molecule has 0 saturated heterocycles. The van der Waals surface area contributed by atoms with Crippen LogP contribution in [0.1, 0.15) is 30.0 Å². The number of carboxylic acids is 1. The normalized spacial score (nSPS) is 14.2. The zero-order chi connectivity index (χ0) is 13.2. The van der Waals surface area contributed by atoms with Gasteiger partial charge in [0.15, 0.2) is 0 Å². The molecule has 4 nitrogen and oxygen atoms in total. The number of aliphatic carboxylic acids is 1. The van der Waals surface area contributed by atoms with Crippen molar-refractivity contribution in [2.75, 3.05) is 7.11 Å². The molecule has 94 valence electrons. The van der Waals surface area contributed by atoms with Crippen LogP contribution in [0.5, 0.6) is 5.75 Å². The second-order valence-corrected chi connectivity index (χ2v) is 4.51. The lowest BCUT2D eigenvalue weighted by Gasteiger charge is -2.25. The molecule has 0 fully saturated rings. The van der Waals surface area contributed by atoms with Crippen molar-refractivity contribution in [3.05, 3.63) is 28.8 Å². The van der Waals surface area contributed by atoms with Crippen LogP contribution in [-0.2, 0) is 10.4 Å². The number of carboxylic acid groups (broad SMARTS) is 1. The molecule has 2 N–H and O–H groups in total.